The minimum Gasteiger partial charge on any atom is -0.277 e. The first-order valence-electron chi connectivity index (χ1n) is 4.84. The third kappa shape index (κ3) is 3.28. The predicted molar refractivity (Wildman–Crippen MR) is 59.9 cm³/mol. The Morgan fingerprint density at radius 1 is 1.60 bits per heavy atom. The van der Waals surface area contributed by atoms with Crippen LogP contribution in [0.3, 0.4) is 0 Å². The Balaban J connectivity index is 2.81. The normalized spacial score (nSPS) is 10.7. The molecule has 0 bridgehead atoms. The molecule has 1 aromatic heterocycles. The zero-order chi connectivity index (χ0) is 11.4. The number of amides is 1. The summed E-state index contributed by atoms with van der Waals surface area (Å²) >= 11 is 1.43. The third-order valence-corrected chi connectivity index (χ3v) is 3.00. The van der Waals surface area contributed by atoms with E-state index in [-0.39, 0.29) is 5.91 Å². The lowest BCUT2D eigenvalue weighted by Gasteiger charge is -1.99. The van der Waals surface area contributed by atoms with E-state index in [4.69, 9.17) is 0 Å². The number of hydroxylamine groups is 1. The van der Waals surface area contributed by atoms with Crippen molar-refractivity contribution in [2.75, 3.05) is 7.11 Å². The number of carbonyl (C=O) groups excluding carboxylic acids is 1. The predicted octanol–water partition coefficient (Wildman–Crippen LogP) is 1.94. The summed E-state index contributed by atoms with van der Waals surface area (Å²) in [6, 6.07) is 0. The Bertz CT molecular complexity index is 347. The number of thiazole rings is 1. The van der Waals surface area contributed by atoms with Gasteiger partial charge in [-0.15, -0.1) is 11.3 Å². The van der Waals surface area contributed by atoms with Crippen molar-refractivity contribution in [2.24, 2.45) is 5.92 Å². The Morgan fingerprint density at radius 3 is 2.80 bits per heavy atom. The molecule has 0 saturated carbocycles. The van der Waals surface area contributed by atoms with Crippen LogP contribution in [0.25, 0.3) is 0 Å². The summed E-state index contributed by atoms with van der Waals surface area (Å²) in [5, 5.41) is 1.00. The highest BCUT2D eigenvalue weighted by atomic mass is 32.1. The van der Waals surface area contributed by atoms with Crippen molar-refractivity contribution in [2.45, 2.75) is 27.2 Å². The summed E-state index contributed by atoms with van der Waals surface area (Å²) in [4.78, 5) is 21.1. The highest BCUT2D eigenvalue weighted by Crippen LogP contribution is 2.20. The Morgan fingerprint density at radius 2 is 2.27 bits per heavy atom. The number of rotatable bonds is 4. The van der Waals surface area contributed by atoms with Gasteiger partial charge in [-0.3, -0.25) is 9.63 Å². The fourth-order valence-electron chi connectivity index (χ4n) is 1.24. The number of carbonyl (C=O) groups is 1. The van der Waals surface area contributed by atoms with Crippen molar-refractivity contribution < 1.29 is 9.63 Å². The smallest absolute Gasteiger partial charge is 0.277 e. The van der Waals surface area contributed by atoms with Crippen molar-refractivity contribution >= 4 is 17.2 Å². The molecule has 0 aliphatic carbocycles. The average Bonchev–Trinajstić information content (AvgIpc) is 2.46. The first-order valence-corrected chi connectivity index (χ1v) is 5.65. The van der Waals surface area contributed by atoms with E-state index in [9.17, 15) is 4.79 Å². The van der Waals surface area contributed by atoms with E-state index in [1.807, 2.05) is 6.92 Å². The third-order valence-electron chi connectivity index (χ3n) is 1.82. The van der Waals surface area contributed by atoms with Crippen LogP contribution in [0.5, 0.6) is 0 Å². The second-order valence-corrected chi connectivity index (χ2v) is 4.84. The van der Waals surface area contributed by atoms with E-state index >= 15 is 0 Å². The Hall–Kier alpha value is -0.940. The van der Waals surface area contributed by atoms with E-state index < -0.39 is 0 Å². The lowest BCUT2D eigenvalue weighted by atomic mass is 10.1. The van der Waals surface area contributed by atoms with Crippen LogP contribution in [-0.4, -0.2) is 18.0 Å². The molecule has 84 valence electrons. The van der Waals surface area contributed by atoms with Crippen LogP contribution >= 0.6 is 11.3 Å². The van der Waals surface area contributed by atoms with Gasteiger partial charge in [0.05, 0.1) is 17.8 Å². The number of aryl methyl sites for hydroxylation is 1. The average molecular weight is 228 g/mol. The van der Waals surface area contributed by atoms with Crippen molar-refractivity contribution in [1.29, 1.82) is 0 Å². The van der Waals surface area contributed by atoms with Crippen molar-refractivity contribution in [3.63, 3.8) is 0 Å². The van der Waals surface area contributed by atoms with Gasteiger partial charge in [0, 0.05) is 6.42 Å². The molecule has 1 rings (SSSR count). The maximum Gasteiger partial charge on any atom is 0.286 e. The van der Waals surface area contributed by atoms with Gasteiger partial charge in [0.1, 0.15) is 4.88 Å². The summed E-state index contributed by atoms with van der Waals surface area (Å²) < 4.78 is 0. The van der Waals surface area contributed by atoms with Crippen molar-refractivity contribution in [3.8, 4) is 0 Å². The molecule has 0 unspecified atom stereocenters. The molecule has 15 heavy (non-hydrogen) atoms. The summed E-state index contributed by atoms with van der Waals surface area (Å²) in [6.45, 7) is 6.10. The maximum absolute atomic E-state index is 11.5. The molecule has 0 fully saturated rings. The number of nitrogens with zero attached hydrogens (tertiary/aromatic N) is 1. The standard InChI is InChI=1S/C10H16N2O2S/c1-6(2)5-8-11-7(3)9(15-8)10(13)12-14-4/h6H,5H2,1-4H3,(H,12,13). The largest absolute Gasteiger partial charge is 0.286 e. The summed E-state index contributed by atoms with van der Waals surface area (Å²) in [5.41, 5.74) is 3.07. The van der Waals surface area contributed by atoms with Gasteiger partial charge < -0.3 is 0 Å². The molecular weight excluding hydrogens is 212 g/mol. The molecule has 1 heterocycles. The molecule has 1 aromatic rings. The second-order valence-electron chi connectivity index (χ2n) is 3.76. The maximum atomic E-state index is 11.5. The summed E-state index contributed by atoms with van der Waals surface area (Å²) in [5.74, 6) is 0.330. The van der Waals surface area contributed by atoms with E-state index in [0.29, 0.717) is 10.8 Å². The molecule has 5 heteroatoms. The van der Waals surface area contributed by atoms with Crippen molar-refractivity contribution in [3.05, 3.63) is 15.6 Å². The van der Waals surface area contributed by atoms with Gasteiger partial charge in [0.2, 0.25) is 0 Å². The molecule has 1 N–H and O–H groups in total. The van der Waals surface area contributed by atoms with Crippen LogP contribution in [0.4, 0.5) is 0 Å². The van der Waals surface area contributed by atoms with Gasteiger partial charge >= 0.3 is 0 Å². The highest BCUT2D eigenvalue weighted by Gasteiger charge is 2.15. The van der Waals surface area contributed by atoms with Gasteiger partial charge in [-0.2, -0.15) is 0 Å². The minimum atomic E-state index is -0.220. The van der Waals surface area contributed by atoms with Crippen LogP contribution in [-0.2, 0) is 11.3 Å². The molecule has 0 radical (unpaired) electrons. The number of nitrogens with one attached hydrogen (secondary N) is 1. The van der Waals surface area contributed by atoms with E-state index in [2.05, 4.69) is 29.1 Å². The van der Waals surface area contributed by atoms with Gasteiger partial charge in [-0.25, -0.2) is 10.5 Å². The van der Waals surface area contributed by atoms with Crippen LogP contribution in [0, 0.1) is 12.8 Å². The molecule has 0 aliphatic rings. The molecule has 4 nitrogen and oxygen atoms in total. The second kappa shape index (κ2) is 5.23. The molecule has 0 aliphatic heterocycles. The molecule has 0 atom stereocenters. The number of aromatic nitrogens is 1. The monoisotopic (exact) mass is 228 g/mol. The first-order chi connectivity index (χ1) is 7.04. The lowest BCUT2D eigenvalue weighted by molar-refractivity contribution is 0.0541. The molecule has 1 amide bonds. The lowest BCUT2D eigenvalue weighted by Crippen LogP contribution is -2.21. The van der Waals surface area contributed by atoms with Crippen LogP contribution < -0.4 is 5.48 Å². The molecule has 0 saturated heterocycles. The number of hydrogen-bond acceptors (Lipinski definition) is 4. The molecule has 0 spiro atoms. The van der Waals surface area contributed by atoms with Gasteiger partial charge in [-0.1, -0.05) is 13.8 Å². The van der Waals surface area contributed by atoms with Gasteiger partial charge in [0.25, 0.3) is 5.91 Å². The Labute approximate surface area is 93.6 Å². The van der Waals surface area contributed by atoms with Crippen LogP contribution in [0.15, 0.2) is 0 Å². The van der Waals surface area contributed by atoms with E-state index in [1.54, 1.807) is 0 Å². The van der Waals surface area contributed by atoms with Crippen LogP contribution in [0.1, 0.15) is 34.2 Å². The van der Waals surface area contributed by atoms with E-state index in [0.717, 1.165) is 17.1 Å². The number of hydrogen-bond donors (Lipinski definition) is 1. The zero-order valence-electron chi connectivity index (χ0n) is 9.46. The van der Waals surface area contributed by atoms with Gasteiger partial charge in [-0.05, 0) is 12.8 Å². The SMILES string of the molecule is CONC(=O)c1sc(CC(C)C)nc1C. The highest BCUT2D eigenvalue weighted by molar-refractivity contribution is 7.13. The quantitative estimate of drug-likeness (QED) is 0.801. The molecular formula is C10H16N2O2S. The summed E-state index contributed by atoms with van der Waals surface area (Å²) in [6.07, 6.45) is 0.909. The van der Waals surface area contributed by atoms with Crippen LogP contribution in [0.2, 0.25) is 0 Å². The fraction of sp³-hybridized carbons (Fsp3) is 0.600. The van der Waals surface area contributed by atoms with Gasteiger partial charge in [0.15, 0.2) is 0 Å². The first kappa shape index (κ1) is 12.1. The Kier molecular flexibility index (Phi) is 4.23. The topological polar surface area (TPSA) is 51.2 Å². The summed E-state index contributed by atoms with van der Waals surface area (Å²) in [7, 11) is 1.42. The fourth-order valence-corrected chi connectivity index (χ4v) is 2.40. The minimum absolute atomic E-state index is 0.220. The zero-order valence-corrected chi connectivity index (χ0v) is 10.3. The van der Waals surface area contributed by atoms with Crippen molar-refractivity contribution in [1.82, 2.24) is 10.5 Å². The van der Waals surface area contributed by atoms with E-state index in [1.165, 1.54) is 18.4 Å². The molecule has 0 aromatic carbocycles.